The second kappa shape index (κ2) is 5.87. The molecule has 18 heavy (non-hydrogen) atoms. The van der Waals surface area contributed by atoms with Crippen molar-refractivity contribution in [3.8, 4) is 5.75 Å². The first-order valence-electron chi connectivity index (χ1n) is 6.48. The fourth-order valence-corrected chi connectivity index (χ4v) is 2.30. The lowest BCUT2D eigenvalue weighted by atomic mass is 9.88. The highest BCUT2D eigenvalue weighted by Crippen LogP contribution is 2.30. The lowest BCUT2D eigenvalue weighted by molar-refractivity contribution is -0.122. The number of nitrogens with one attached hydrogen (secondary N) is 1. The van der Waals surface area contributed by atoms with E-state index >= 15 is 0 Å². The number of amides is 1. The number of nitrogens with two attached hydrogens (primary N) is 1. The summed E-state index contributed by atoms with van der Waals surface area (Å²) < 4.78 is 5.47. The molecule has 0 saturated carbocycles. The van der Waals surface area contributed by atoms with Gasteiger partial charge in [0.15, 0.2) is 6.61 Å². The molecule has 4 heteroatoms. The molecule has 4 nitrogen and oxygen atoms in total. The number of aryl methyl sites for hydroxylation is 1. The number of fused-ring (bicyclic) bond motifs is 1. The molecule has 1 amide bonds. The van der Waals surface area contributed by atoms with Crippen LogP contribution in [0, 0.1) is 0 Å². The maximum atomic E-state index is 11.3. The summed E-state index contributed by atoms with van der Waals surface area (Å²) >= 11 is 0. The Morgan fingerprint density at radius 1 is 1.56 bits per heavy atom. The average molecular weight is 248 g/mol. The lowest BCUT2D eigenvalue weighted by Gasteiger charge is -2.22. The molecular weight excluding hydrogens is 228 g/mol. The molecule has 0 spiro atoms. The predicted molar refractivity (Wildman–Crippen MR) is 70.5 cm³/mol. The summed E-state index contributed by atoms with van der Waals surface area (Å²) in [4.78, 5) is 11.3. The highest BCUT2D eigenvalue weighted by atomic mass is 16.5. The highest BCUT2D eigenvalue weighted by Gasteiger charge is 2.17. The van der Waals surface area contributed by atoms with Gasteiger partial charge in [-0.15, -0.1) is 0 Å². The minimum atomic E-state index is -0.0977. The van der Waals surface area contributed by atoms with Crippen LogP contribution in [0.25, 0.3) is 0 Å². The third-order valence-electron chi connectivity index (χ3n) is 3.22. The van der Waals surface area contributed by atoms with Crippen LogP contribution < -0.4 is 15.8 Å². The quantitative estimate of drug-likeness (QED) is 0.849. The third-order valence-corrected chi connectivity index (χ3v) is 3.22. The van der Waals surface area contributed by atoms with Crippen LogP contribution in [0.5, 0.6) is 5.75 Å². The zero-order chi connectivity index (χ0) is 13.0. The van der Waals surface area contributed by atoms with Gasteiger partial charge < -0.3 is 15.8 Å². The molecule has 1 aliphatic carbocycles. The Kier molecular flexibility index (Phi) is 4.20. The fourth-order valence-electron chi connectivity index (χ4n) is 2.30. The molecule has 0 fully saturated rings. The lowest BCUT2D eigenvalue weighted by Crippen LogP contribution is -2.28. The number of ether oxygens (including phenoxy) is 1. The molecule has 3 N–H and O–H groups in total. The Hall–Kier alpha value is -1.55. The topological polar surface area (TPSA) is 64.3 Å². The van der Waals surface area contributed by atoms with Crippen molar-refractivity contribution in [2.75, 3.05) is 13.2 Å². The smallest absolute Gasteiger partial charge is 0.257 e. The Labute approximate surface area is 108 Å². The molecule has 1 aromatic rings. The van der Waals surface area contributed by atoms with Crippen molar-refractivity contribution in [3.63, 3.8) is 0 Å². The summed E-state index contributed by atoms with van der Waals surface area (Å²) in [6.45, 7) is 2.56. The van der Waals surface area contributed by atoms with Crippen LogP contribution in [0.3, 0.4) is 0 Å². The molecule has 0 bridgehead atoms. The Morgan fingerprint density at radius 2 is 2.39 bits per heavy atom. The van der Waals surface area contributed by atoms with Crippen molar-refractivity contribution < 1.29 is 9.53 Å². The minimum absolute atomic E-state index is 0.0574. The zero-order valence-corrected chi connectivity index (χ0v) is 10.7. The van der Waals surface area contributed by atoms with Gasteiger partial charge in [-0.1, -0.05) is 6.07 Å². The normalized spacial score (nSPS) is 18.0. The summed E-state index contributed by atoms with van der Waals surface area (Å²) in [7, 11) is 0. The van der Waals surface area contributed by atoms with E-state index in [-0.39, 0.29) is 18.6 Å². The molecular formula is C14H20N2O2. The molecule has 0 saturated heterocycles. The molecule has 0 unspecified atom stereocenters. The second-order valence-electron chi connectivity index (χ2n) is 4.60. The second-order valence-corrected chi connectivity index (χ2v) is 4.60. The van der Waals surface area contributed by atoms with Gasteiger partial charge in [0.25, 0.3) is 5.91 Å². The van der Waals surface area contributed by atoms with Crippen molar-refractivity contribution in [1.82, 2.24) is 5.32 Å². The van der Waals surface area contributed by atoms with Gasteiger partial charge in [0, 0.05) is 12.6 Å². The fraction of sp³-hybridized carbons (Fsp3) is 0.500. The minimum Gasteiger partial charge on any atom is -0.484 e. The van der Waals surface area contributed by atoms with E-state index < -0.39 is 0 Å². The Morgan fingerprint density at radius 3 is 3.17 bits per heavy atom. The third kappa shape index (κ3) is 3.01. The maximum absolute atomic E-state index is 11.3. The number of likely N-dealkylation sites (N-methyl/N-ethyl adjacent to an activating group) is 1. The van der Waals surface area contributed by atoms with Crippen LogP contribution in [0.4, 0.5) is 0 Å². The Balaban J connectivity index is 2.02. The number of rotatable bonds is 4. The van der Waals surface area contributed by atoms with Crippen LogP contribution in [0.1, 0.15) is 36.9 Å². The highest BCUT2D eigenvalue weighted by molar-refractivity contribution is 5.77. The molecule has 0 heterocycles. The summed E-state index contributed by atoms with van der Waals surface area (Å²) in [5.74, 6) is 0.622. The number of carbonyl (C=O) groups excluding carboxylic acids is 1. The van der Waals surface area contributed by atoms with Crippen LogP contribution in [-0.4, -0.2) is 19.1 Å². The predicted octanol–water partition coefficient (Wildman–Crippen LogP) is 1.54. The molecule has 1 aliphatic rings. The standard InChI is InChI=1S/C14H20N2O2/c1-2-16-14(17)9-18-11-7-6-10-4-3-5-13(15)12(10)8-11/h6-8,13H,2-5,9,15H2,1H3,(H,16,17)/t13-/m1/s1. The molecule has 1 aromatic carbocycles. The van der Waals surface area contributed by atoms with Gasteiger partial charge in [-0.25, -0.2) is 0 Å². The van der Waals surface area contributed by atoms with Crippen molar-refractivity contribution in [3.05, 3.63) is 29.3 Å². The van der Waals surface area contributed by atoms with Crippen LogP contribution in [0.15, 0.2) is 18.2 Å². The van der Waals surface area contributed by atoms with Crippen LogP contribution in [0.2, 0.25) is 0 Å². The number of hydrogen-bond donors (Lipinski definition) is 2. The number of hydrogen-bond acceptors (Lipinski definition) is 3. The first-order chi connectivity index (χ1) is 8.70. The van der Waals surface area contributed by atoms with Crippen molar-refractivity contribution in [2.45, 2.75) is 32.2 Å². The SMILES string of the molecule is CCNC(=O)COc1ccc2c(c1)[C@H](N)CCC2. The van der Waals surface area contributed by atoms with E-state index in [4.69, 9.17) is 10.5 Å². The van der Waals surface area contributed by atoms with Gasteiger partial charge in [-0.3, -0.25) is 4.79 Å². The molecule has 98 valence electrons. The number of benzene rings is 1. The summed E-state index contributed by atoms with van der Waals surface area (Å²) in [6, 6.07) is 6.04. The average Bonchev–Trinajstić information content (AvgIpc) is 2.37. The Bertz CT molecular complexity index is 432. The molecule has 0 aliphatic heterocycles. The maximum Gasteiger partial charge on any atom is 0.257 e. The van der Waals surface area contributed by atoms with Crippen molar-refractivity contribution in [1.29, 1.82) is 0 Å². The van der Waals surface area contributed by atoms with Crippen LogP contribution in [-0.2, 0) is 11.2 Å². The summed E-state index contributed by atoms with van der Waals surface area (Å²) in [6.07, 6.45) is 3.25. The first-order valence-corrected chi connectivity index (χ1v) is 6.48. The van der Waals surface area contributed by atoms with Crippen molar-refractivity contribution >= 4 is 5.91 Å². The van der Waals surface area contributed by atoms with E-state index in [0.29, 0.717) is 6.54 Å². The molecule has 2 rings (SSSR count). The van der Waals surface area contributed by atoms with E-state index in [1.165, 1.54) is 5.56 Å². The molecule has 0 radical (unpaired) electrons. The van der Waals surface area contributed by atoms with Gasteiger partial charge >= 0.3 is 0 Å². The van der Waals surface area contributed by atoms with E-state index in [9.17, 15) is 4.79 Å². The largest absolute Gasteiger partial charge is 0.484 e. The molecule has 1 atom stereocenters. The van der Waals surface area contributed by atoms with Crippen molar-refractivity contribution in [2.24, 2.45) is 5.73 Å². The van der Waals surface area contributed by atoms with Gasteiger partial charge in [0.2, 0.25) is 0 Å². The van der Waals surface area contributed by atoms with E-state index in [2.05, 4.69) is 11.4 Å². The van der Waals surface area contributed by atoms with Gasteiger partial charge in [-0.05, 0) is 49.4 Å². The molecule has 0 aromatic heterocycles. The van der Waals surface area contributed by atoms with Gasteiger partial charge in [-0.2, -0.15) is 0 Å². The number of carbonyl (C=O) groups is 1. The monoisotopic (exact) mass is 248 g/mol. The van der Waals surface area contributed by atoms with Crippen LogP contribution >= 0.6 is 0 Å². The zero-order valence-electron chi connectivity index (χ0n) is 10.7. The van der Waals surface area contributed by atoms with Gasteiger partial charge in [0.05, 0.1) is 0 Å². The van der Waals surface area contributed by atoms with E-state index in [1.807, 2.05) is 19.1 Å². The summed E-state index contributed by atoms with van der Waals surface area (Å²) in [5, 5.41) is 2.70. The van der Waals surface area contributed by atoms with E-state index in [1.54, 1.807) is 0 Å². The summed E-state index contributed by atoms with van der Waals surface area (Å²) in [5.41, 5.74) is 8.55. The van der Waals surface area contributed by atoms with E-state index in [0.717, 1.165) is 30.6 Å². The van der Waals surface area contributed by atoms with Gasteiger partial charge in [0.1, 0.15) is 5.75 Å². The first kappa shape index (κ1) is 12.9.